The minimum Gasteiger partial charge on any atom is -0.353 e. The molecular weight excluding hydrogens is 260 g/mol. The molecule has 0 aromatic carbocycles. The number of thioether (sulfide) groups is 1. The first-order valence-corrected chi connectivity index (χ1v) is 7.42. The Morgan fingerprint density at radius 3 is 2.58 bits per heavy atom. The Bertz CT molecular complexity index is 484. The zero-order valence-corrected chi connectivity index (χ0v) is 12.1. The maximum absolute atomic E-state index is 11.3. The molecule has 0 atom stereocenters. The van der Waals surface area contributed by atoms with Gasteiger partial charge in [-0.1, -0.05) is 18.3 Å². The van der Waals surface area contributed by atoms with E-state index in [9.17, 15) is 4.79 Å². The van der Waals surface area contributed by atoms with Gasteiger partial charge in [0.1, 0.15) is 5.82 Å². The first kappa shape index (κ1) is 13.9. The largest absolute Gasteiger partial charge is 0.353 e. The molecule has 1 amide bonds. The number of hydrogen-bond acceptors (Lipinski definition) is 5. The highest BCUT2D eigenvalue weighted by Gasteiger charge is 2.20. The molecule has 0 spiro atoms. The minimum absolute atomic E-state index is 0.138. The van der Waals surface area contributed by atoms with Crippen LogP contribution in [0.15, 0.2) is 17.8 Å². The van der Waals surface area contributed by atoms with E-state index in [0.717, 1.165) is 42.8 Å². The predicted octanol–water partition coefficient (Wildman–Crippen LogP) is 1.51. The SMILES string of the molecule is C=Cc1cc(N2CCN(C(C)=O)CC2)nc(SC)n1. The number of hydrogen-bond donors (Lipinski definition) is 0. The Hall–Kier alpha value is -1.56. The van der Waals surface area contributed by atoms with Gasteiger partial charge in [-0.2, -0.15) is 0 Å². The summed E-state index contributed by atoms with van der Waals surface area (Å²) >= 11 is 1.52. The summed E-state index contributed by atoms with van der Waals surface area (Å²) in [4.78, 5) is 24.2. The molecule has 2 heterocycles. The molecule has 5 nitrogen and oxygen atoms in total. The van der Waals surface area contributed by atoms with Gasteiger partial charge in [-0.25, -0.2) is 9.97 Å². The van der Waals surface area contributed by atoms with Crippen LogP contribution in [0.1, 0.15) is 12.6 Å². The number of amides is 1. The topological polar surface area (TPSA) is 49.3 Å². The predicted molar refractivity (Wildman–Crippen MR) is 78.4 cm³/mol. The van der Waals surface area contributed by atoms with Crippen molar-refractivity contribution in [1.29, 1.82) is 0 Å². The standard InChI is InChI=1S/C13H18N4OS/c1-4-11-9-12(15-13(14-11)19-3)17-7-5-16(6-8-17)10(2)18/h4,9H,1,5-8H2,2-3H3. The van der Waals surface area contributed by atoms with Gasteiger partial charge in [-0.05, 0) is 12.3 Å². The quantitative estimate of drug-likeness (QED) is 0.619. The summed E-state index contributed by atoms with van der Waals surface area (Å²) in [7, 11) is 0. The number of nitrogens with zero attached hydrogens (tertiary/aromatic N) is 4. The van der Waals surface area contributed by atoms with E-state index in [-0.39, 0.29) is 5.91 Å². The van der Waals surface area contributed by atoms with E-state index in [4.69, 9.17) is 0 Å². The first-order valence-electron chi connectivity index (χ1n) is 6.20. The van der Waals surface area contributed by atoms with Crippen LogP contribution in [0.5, 0.6) is 0 Å². The van der Waals surface area contributed by atoms with E-state index in [0.29, 0.717) is 0 Å². The Kier molecular flexibility index (Phi) is 4.42. The van der Waals surface area contributed by atoms with E-state index in [1.165, 1.54) is 11.8 Å². The summed E-state index contributed by atoms with van der Waals surface area (Å²) in [6.45, 7) is 8.48. The second kappa shape index (κ2) is 6.06. The van der Waals surface area contributed by atoms with Gasteiger partial charge in [0.15, 0.2) is 5.16 Å². The van der Waals surface area contributed by atoms with Crippen LogP contribution in [0.25, 0.3) is 6.08 Å². The summed E-state index contributed by atoms with van der Waals surface area (Å²) in [6.07, 6.45) is 3.69. The molecule has 1 aromatic heterocycles. The molecule has 1 aliphatic rings. The number of carbonyl (C=O) groups excluding carboxylic acids is 1. The molecule has 0 radical (unpaired) electrons. The summed E-state index contributed by atoms with van der Waals surface area (Å²) in [6, 6.07) is 1.94. The Labute approximate surface area is 117 Å². The second-order valence-electron chi connectivity index (χ2n) is 4.33. The Balaban J connectivity index is 2.14. The van der Waals surface area contributed by atoms with E-state index >= 15 is 0 Å². The molecule has 102 valence electrons. The molecule has 2 rings (SSSR count). The van der Waals surface area contributed by atoms with Crippen molar-refractivity contribution < 1.29 is 4.79 Å². The summed E-state index contributed by atoms with van der Waals surface area (Å²) in [5, 5.41) is 0.751. The zero-order valence-electron chi connectivity index (χ0n) is 11.3. The Morgan fingerprint density at radius 2 is 2.05 bits per heavy atom. The van der Waals surface area contributed by atoms with Crippen LogP contribution in [-0.4, -0.2) is 53.2 Å². The molecule has 6 heteroatoms. The third-order valence-corrected chi connectivity index (χ3v) is 3.70. The molecule has 0 N–H and O–H groups in total. The lowest BCUT2D eigenvalue weighted by Gasteiger charge is -2.35. The second-order valence-corrected chi connectivity index (χ2v) is 5.11. The highest BCUT2D eigenvalue weighted by Crippen LogP contribution is 2.19. The van der Waals surface area contributed by atoms with Gasteiger partial charge in [-0.15, -0.1) is 0 Å². The van der Waals surface area contributed by atoms with Crippen molar-refractivity contribution in [3.63, 3.8) is 0 Å². The van der Waals surface area contributed by atoms with Gasteiger partial charge in [0.25, 0.3) is 0 Å². The van der Waals surface area contributed by atoms with Crippen molar-refractivity contribution in [2.75, 3.05) is 37.3 Å². The maximum atomic E-state index is 11.3. The number of anilines is 1. The smallest absolute Gasteiger partial charge is 0.219 e. The lowest BCUT2D eigenvalue weighted by Crippen LogP contribution is -2.48. The summed E-state index contributed by atoms with van der Waals surface area (Å²) in [5.74, 6) is 1.05. The van der Waals surface area contributed by atoms with Gasteiger partial charge in [0.2, 0.25) is 5.91 Å². The van der Waals surface area contributed by atoms with Crippen LogP contribution < -0.4 is 4.90 Å². The summed E-state index contributed by atoms with van der Waals surface area (Å²) < 4.78 is 0. The van der Waals surface area contributed by atoms with Crippen LogP contribution in [-0.2, 0) is 4.79 Å². The van der Waals surface area contributed by atoms with Crippen molar-refractivity contribution in [3.8, 4) is 0 Å². The number of carbonyl (C=O) groups is 1. The normalized spacial score (nSPS) is 15.5. The highest BCUT2D eigenvalue weighted by molar-refractivity contribution is 7.98. The average molecular weight is 278 g/mol. The maximum Gasteiger partial charge on any atom is 0.219 e. The minimum atomic E-state index is 0.138. The fraction of sp³-hybridized carbons (Fsp3) is 0.462. The van der Waals surface area contributed by atoms with E-state index < -0.39 is 0 Å². The highest BCUT2D eigenvalue weighted by atomic mass is 32.2. The summed E-state index contributed by atoms with van der Waals surface area (Å²) in [5.41, 5.74) is 0.836. The fourth-order valence-electron chi connectivity index (χ4n) is 2.04. The van der Waals surface area contributed by atoms with Crippen molar-refractivity contribution >= 4 is 29.6 Å². The Morgan fingerprint density at radius 1 is 1.37 bits per heavy atom. The lowest BCUT2D eigenvalue weighted by atomic mass is 10.3. The number of aromatic nitrogens is 2. The van der Waals surface area contributed by atoms with Crippen LogP contribution in [0.2, 0.25) is 0 Å². The van der Waals surface area contributed by atoms with Gasteiger partial charge < -0.3 is 9.80 Å². The average Bonchev–Trinajstić information content (AvgIpc) is 2.46. The van der Waals surface area contributed by atoms with Crippen LogP contribution in [0, 0.1) is 0 Å². The number of rotatable bonds is 3. The molecule has 1 aliphatic heterocycles. The molecule has 0 saturated carbocycles. The van der Waals surface area contributed by atoms with Gasteiger partial charge in [-0.3, -0.25) is 4.79 Å². The molecule has 0 unspecified atom stereocenters. The van der Waals surface area contributed by atoms with Gasteiger partial charge in [0.05, 0.1) is 5.69 Å². The van der Waals surface area contributed by atoms with Crippen LogP contribution >= 0.6 is 11.8 Å². The van der Waals surface area contributed by atoms with E-state index in [1.807, 2.05) is 17.2 Å². The van der Waals surface area contributed by atoms with Gasteiger partial charge in [0, 0.05) is 39.2 Å². The fourth-order valence-corrected chi connectivity index (χ4v) is 2.42. The van der Waals surface area contributed by atoms with Crippen molar-refractivity contribution in [1.82, 2.24) is 14.9 Å². The molecule has 19 heavy (non-hydrogen) atoms. The molecule has 1 saturated heterocycles. The third kappa shape index (κ3) is 3.26. The molecular formula is C13H18N4OS. The molecule has 1 fully saturated rings. The first-order chi connectivity index (χ1) is 9.13. The van der Waals surface area contributed by atoms with E-state index in [2.05, 4.69) is 21.4 Å². The van der Waals surface area contributed by atoms with Crippen LogP contribution in [0.3, 0.4) is 0 Å². The van der Waals surface area contributed by atoms with Crippen molar-refractivity contribution in [3.05, 3.63) is 18.3 Å². The monoisotopic (exact) mass is 278 g/mol. The van der Waals surface area contributed by atoms with E-state index in [1.54, 1.807) is 13.0 Å². The van der Waals surface area contributed by atoms with Gasteiger partial charge >= 0.3 is 0 Å². The molecule has 1 aromatic rings. The molecule has 0 bridgehead atoms. The lowest BCUT2D eigenvalue weighted by molar-refractivity contribution is -0.129. The van der Waals surface area contributed by atoms with Crippen molar-refractivity contribution in [2.45, 2.75) is 12.1 Å². The third-order valence-electron chi connectivity index (χ3n) is 3.15. The van der Waals surface area contributed by atoms with Crippen LogP contribution in [0.4, 0.5) is 5.82 Å². The number of piperazine rings is 1. The zero-order chi connectivity index (χ0) is 13.8. The van der Waals surface area contributed by atoms with Crippen molar-refractivity contribution in [2.24, 2.45) is 0 Å². The molecule has 0 aliphatic carbocycles.